The summed E-state index contributed by atoms with van der Waals surface area (Å²) in [5.41, 5.74) is 0.471. The second-order valence-corrected chi connectivity index (χ2v) is 6.90. The fraction of sp³-hybridized carbons (Fsp3) is 0.556. The van der Waals surface area contributed by atoms with Crippen LogP contribution in [-0.4, -0.2) is 48.7 Å². The highest BCUT2D eigenvalue weighted by Gasteiger charge is 2.14. The zero-order chi connectivity index (χ0) is 18.7. The molecule has 5 nitrogen and oxygen atoms in total. The highest BCUT2D eigenvalue weighted by molar-refractivity contribution is 9.10. The van der Waals surface area contributed by atoms with Crippen molar-refractivity contribution in [2.24, 2.45) is 0 Å². The molecule has 25 heavy (non-hydrogen) atoms. The number of rotatable bonds is 10. The molecule has 0 unspecified atom stereocenters. The van der Waals surface area contributed by atoms with Gasteiger partial charge in [0.25, 0.3) is 5.91 Å². The van der Waals surface area contributed by atoms with E-state index in [1.807, 2.05) is 6.07 Å². The molecule has 1 amide bonds. The van der Waals surface area contributed by atoms with Crippen LogP contribution in [0, 0.1) is 0 Å². The number of nitrogens with one attached hydrogen (secondary N) is 2. The maximum atomic E-state index is 12.5. The van der Waals surface area contributed by atoms with E-state index >= 15 is 0 Å². The molecule has 1 rings (SSSR count). The third kappa shape index (κ3) is 8.16. The summed E-state index contributed by atoms with van der Waals surface area (Å²) in [4.78, 5) is 14.8. The molecule has 0 radical (unpaired) electrons. The summed E-state index contributed by atoms with van der Waals surface area (Å²) < 4.78 is 6.55. The van der Waals surface area contributed by atoms with Gasteiger partial charge in [0.05, 0.1) is 12.2 Å². The summed E-state index contributed by atoms with van der Waals surface area (Å²) in [5, 5.41) is 6.13. The van der Waals surface area contributed by atoms with E-state index in [4.69, 9.17) is 17.0 Å². The van der Waals surface area contributed by atoms with Gasteiger partial charge in [-0.1, -0.05) is 43.1 Å². The number of unbranched alkanes of at least 4 members (excludes halogenated alkanes) is 1. The minimum Gasteiger partial charge on any atom is -0.493 e. The van der Waals surface area contributed by atoms with Gasteiger partial charge in [-0.2, -0.15) is 0 Å². The standard InChI is InChI=1S/C18H28BrN3O2S/c1-4-7-12-24-16-9-8-14(19)13-15(16)17(23)21-18(25)20-10-11-22(5-2)6-3/h8-9,13H,4-7,10-12H2,1-3H3,(H2,20,21,23,25). The predicted molar refractivity (Wildman–Crippen MR) is 110 cm³/mol. The van der Waals surface area contributed by atoms with Crippen molar-refractivity contribution < 1.29 is 9.53 Å². The van der Waals surface area contributed by atoms with Crippen LogP contribution < -0.4 is 15.4 Å². The lowest BCUT2D eigenvalue weighted by Crippen LogP contribution is -2.42. The molecule has 140 valence electrons. The van der Waals surface area contributed by atoms with Gasteiger partial charge in [0.15, 0.2) is 5.11 Å². The number of nitrogens with zero attached hydrogens (tertiary/aromatic N) is 1. The first kappa shape index (κ1) is 21.9. The normalized spacial score (nSPS) is 10.6. The van der Waals surface area contributed by atoms with Gasteiger partial charge in [-0.15, -0.1) is 0 Å². The molecule has 2 N–H and O–H groups in total. The van der Waals surface area contributed by atoms with E-state index in [0.717, 1.165) is 36.9 Å². The van der Waals surface area contributed by atoms with Crippen molar-refractivity contribution in [1.29, 1.82) is 0 Å². The van der Waals surface area contributed by atoms with Crippen LogP contribution >= 0.6 is 28.1 Å². The third-order valence-corrected chi connectivity index (χ3v) is 4.52. The van der Waals surface area contributed by atoms with Crippen LogP contribution in [-0.2, 0) is 0 Å². The first-order valence-corrected chi connectivity index (χ1v) is 9.95. The third-order valence-electron chi connectivity index (χ3n) is 3.78. The molecule has 7 heteroatoms. The largest absolute Gasteiger partial charge is 0.493 e. The monoisotopic (exact) mass is 429 g/mol. The molecule has 0 aromatic heterocycles. The number of halogens is 1. The fourth-order valence-corrected chi connectivity index (χ4v) is 2.77. The van der Waals surface area contributed by atoms with Gasteiger partial charge in [0.2, 0.25) is 0 Å². The molecule has 0 aliphatic carbocycles. The van der Waals surface area contributed by atoms with Crippen LogP contribution in [0.5, 0.6) is 5.75 Å². The Balaban J connectivity index is 2.60. The number of benzene rings is 1. The quantitative estimate of drug-likeness (QED) is 0.439. The lowest BCUT2D eigenvalue weighted by atomic mass is 10.2. The topological polar surface area (TPSA) is 53.6 Å². The Bertz CT molecular complexity index is 565. The van der Waals surface area contributed by atoms with Crippen LogP contribution in [0.1, 0.15) is 44.0 Å². The van der Waals surface area contributed by atoms with Gasteiger partial charge < -0.3 is 15.0 Å². The Hall–Kier alpha value is -1.18. The van der Waals surface area contributed by atoms with E-state index in [2.05, 4.69) is 52.2 Å². The predicted octanol–water partition coefficient (Wildman–Crippen LogP) is 3.57. The average molecular weight is 430 g/mol. The van der Waals surface area contributed by atoms with Crippen LogP contribution in [0.25, 0.3) is 0 Å². The Morgan fingerprint density at radius 1 is 1.28 bits per heavy atom. The highest BCUT2D eigenvalue weighted by Crippen LogP contribution is 2.23. The van der Waals surface area contributed by atoms with Gasteiger partial charge in [-0.25, -0.2) is 0 Å². The van der Waals surface area contributed by atoms with E-state index in [-0.39, 0.29) is 5.91 Å². The number of hydrogen-bond donors (Lipinski definition) is 2. The fourth-order valence-electron chi connectivity index (χ4n) is 2.21. The number of amides is 1. The Morgan fingerprint density at radius 2 is 2.00 bits per heavy atom. The first-order chi connectivity index (χ1) is 12.0. The molecule has 0 aliphatic heterocycles. The number of ether oxygens (including phenoxy) is 1. The van der Waals surface area contributed by atoms with Crippen molar-refractivity contribution in [3.05, 3.63) is 28.2 Å². The van der Waals surface area contributed by atoms with Crippen molar-refractivity contribution in [3.63, 3.8) is 0 Å². The van der Waals surface area contributed by atoms with Crippen molar-refractivity contribution >= 4 is 39.2 Å². The molecule has 0 spiro atoms. The minimum atomic E-state index is -0.270. The van der Waals surface area contributed by atoms with E-state index in [9.17, 15) is 4.79 Å². The summed E-state index contributed by atoms with van der Waals surface area (Å²) in [6, 6.07) is 5.40. The zero-order valence-electron chi connectivity index (χ0n) is 15.2. The van der Waals surface area contributed by atoms with E-state index in [1.54, 1.807) is 12.1 Å². The average Bonchev–Trinajstić information content (AvgIpc) is 2.60. The number of hydrogen-bond acceptors (Lipinski definition) is 4. The van der Waals surface area contributed by atoms with Crippen LogP contribution in [0.2, 0.25) is 0 Å². The Kier molecular flexibility index (Phi) is 10.7. The maximum absolute atomic E-state index is 12.5. The summed E-state index contributed by atoms with van der Waals surface area (Å²) in [6.45, 7) is 10.5. The van der Waals surface area contributed by atoms with Crippen molar-refractivity contribution in [1.82, 2.24) is 15.5 Å². The zero-order valence-corrected chi connectivity index (χ0v) is 17.6. The SMILES string of the molecule is CCCCOc1ccc(Br)cc1C(=O)NC(=S)NCCN(CC)CC. The maximum Gasteiger partial charge on any atom is 0.261 e. The van der Waals surface area contributed by atoms with Crippen LogP contribution in [0.4, 0.5) is 0 Å². The minimum absolute atomic E-state index is 0.270. The van der Waals surface area contributed by atoms with Gasteiger partial charge >= 0.3 is 0 Å². The second kappa shape index (κ2) is 12.2. The second-order valence-electron chi connectivity index (χ2n) is 5.58. The number of carbonyl (C=O) groups excluding carboxylic acids is 1. The summed E-state index contributed by atoms with van der Waals surface area (Å²) >= 11 is 8.62. The van der Waals surface area contributed by atoms with E-state index in [0.29, 0.717) is 29.6 Å². The molecular weight excluding hydrogens is 402 g/mol. The molecule has 1 aromatic rings. The summed E-state index contributed by atoms with van der Waals surface area (Å²) in [6.07, 6.45) is 1.99. The van der Waals surface area contributed by atoms with E-state index in [1.165, 1.54) is 0 Å². The molecule has 0 bridgehead atoms. The summed E-state index contributed by atoms with van der Waals surface area (Å²) in [5.74, 6) is 0.299. The lowest BCUT2D eigenvalue weighted by molar-refractivity contribution is 0.0972. The van der Waals surface area contributed by atoms with Crippen molar-refractivity contribution in [3.8, 4) is 5.75 Å². The molecular formula is C18H28BrN3O2S. The van der Waals surface area contributed by atoms with Gasteiger partial charge in [-0.3, -0.25) is 10.1 Å². The molecule has 0 atom stereocenters. The van der Waals surface area contributed by atoms with Crippen LogP contribution in [0.3, 0.4) is 0 Å². The van der Waals surface area contributed by atoms with Crippen molar-refractivity contribution in [2.45, 2.75) is 33.6 Å². The smallest absolute Gasteiger partial charge is 0.261 e. The molecule has 0 saturated carbocycles. The lowest BCUT2D eigenvalue weighted by Gasteiger charge is -2.19. The highest BCUT2D eigenvalue weighted by atomic mass is 79.9. The number of carbonyl (C=O) groups is 1. The van der Waals surface area contributed by atoms with Gasteiger partial charge in [-0.05, 0) is 49.9 Å². The first-order valence-electron chi connectivity index (χ1n) is 8.75. The number of likely N-dealkylation sites (N-methyl/N-ethyl adjacent to an activating group) is 1. The van der Waals surface area contributed by atoms with Gasteiger partial charge in [0.1, 0.15) is 5.75 Å². The molecule has 1 aromatic carbocycles. The van der Waals surface area contributed by atoms with Crippen molar-refractivity contribution in [2.75, 3.05) is 32.8 Å². The molecule has 0 fully saturated rings. The Morgan fingerprint density at radius 3 is 2.64 bits per heavy atom. The van der Waals surface area contributed by atoms with Gasteiger partial charge in [0, 0.05) is 17.6 Å². The molecule has 0 aliphatic rings. The Labute approximate surface area is 164 Å². The molecule has 0 heterocycles. The number of thiocarbonyl (C=S) groups is 1. The van der Waals surface area contributed by atoms with E-state index < -0.39 is 0 Å². The molecule has 0 saturated heterocycles. The van der Waals surface area contributed by atoms with Crippen LogP contribution in [0.15, 0.2) is 22.7 Å². The summed E-state index contributed by atoms with van der Waals surface area (Å²) in [7, 11) is 0.